The highest BCUT2D eigenvalue weighted by atomic mass is 16.5. The summed E-state index contributed by atoms with van der Waals surface area (Å²) in [7, 11) is 3.26. The molecule has 0 aliphatic carbocycles. The predicted octanol–water partition coefficient (Wildman–Crippen LogP) is 2.03. The Hall–Kier alpha value is -1.22. The minimum atomic E-state index is -0.0561. The van der Waals surface area contributed by atoms with Gasteiger partial charge in [0, 0.05) is 11.6 Å². The summed E-state index contributed by atoms with van der Waals surface area (Å²) >= 11 is 0. The zero-order chi connectivity index (χ0) is 10.7. The molecule has 0 radical (unpaired) electrons. The molecule has 1 aromatic carbocycles. The van der Waals surface area contributed by atoms with Gasteiger partial charge in [-0.2, -0.15) is 0 Å². The molecule has 1 atom stereocenters. The first-order valence-electron chi connectivity index (χ1n) is 4.58. The number of methoxy groups -OCH3 is 2. The molecule has 1 rings (SSSR count). The first-order valence-corrected chi connectivity index (χ1v) is 4.58. The maximum absolute atomic E-state index is 5.83. The van der Waals surface area contributed by atoms with E-state index in [-0.39, 0.29) is 6.04 Å². The largest absolute Gasteiger partial charge is 0.493 e. The van der Waals surface area contributed by atoms with Crippen LogP contribution in [0.2, 0.25) is 0 Å². The monoisotopic (exact) mass is 195 g/mol. The van der Waals surface area contributed by atoms with Crippen LogP contribution in [0.25, 0.3) is 0 Å². The van der Waals surface area contributed by atoms with Gasteiger partial charge in [-0.25, -0.2) is 0 Å². The third-order valence-corrected chi connectivity index (χ3v) is 2.24. The normalized spacial score (nSPS) is 12.4. The Kier molecular flexibility index (Phi) is 3.36. The van der Waals surface area contributed by atoms with Crippen LogP contribution < -0.4 is 15.2 Å². The molecular weight excluding hydrogens is 178 g/mol. The number of hydrogen-bond acceptors (Lipinski definition) is 3. The van der Waals surface area contributed by atoms with Crippen LogP contribution in [0, 0.1) is 6.92 Å². The van der Waals surface area contributed by atoms with Gasteiger partial charge < -0.3 is 15.2 Å². The number of benzene rings is 1. The minimum absolute atomic E-state index is 0.0561. The molecule has 0 aliphatic rings. The standard InChI is InChI=1S/C11H17NO2/c1-7-5-6-9(8(2)12)11(14-4)10(7)13-3/h5-6,8H,12H2,1-4H3. The highest BCUT2D eigenvalue weighted by molar-refractivity contribution is 5.52. The van der Waals surface area contributed by atoms with E-state index < -0.39 is 0 Å². The molecule has 78 valence electrons. The van der Waals surface area contributed by atoms with Crippen molar-refractivity contribution < 1.29 is 9.47 Å². The zero-order valence-electron chi connectivity index (χ0n) is 9.13. The van der Waals surface area contributed by atoms with E-state index >= 15 is 0 Å². The van der Waals surface area contributed by atoms with E-state index in [1.165, 1.54) is 0 Å². The van der Waals surface area contributed by atoms with Crippen LogP contribution in [0.4, 0.5) is 0 Å². The van der Waals surface area contributed by atoms with E-state index in [0.717, 1.165) is 22.6 Å². The fourth-order valence-corrected chi connectivity index (χ4v) is 1.50. The van der Waals surface area contributed by atoms with Crippen LogP contribution in [0.1, 0.15) is 24.1 Å². The molecule has 3 nitrogen and oxygen atoms in total. The van der Waals surface area contributed by atoms with Crippen molar-refractivity contribution in [2.75, 3.05) is 14.2 Å². The SMILES string of the molecule is COc1c(C)ccc(C(C)N)c1OC. The van der Waals surface area contributed by atoms with Crippen molar-refractivity contribution in [3.8, 4) is 11.5 Å². The van der Waals surface area contributed by atoms with Gasteiger partial charge in [-0.3, -0.25) is 0 Å². The van der Waals surface area contributed by atoms with Gasteiger partial charge in [0.1, 0.15) is 0 Å². The van der Waals surface area contributed by atoms with Crippen molar-refractivity contribution in [2.45, 2.75) is 19.9 Å². The molecule has 0 saturated heterocycles. The van der Waals surface area contributed by atoms with Crippen LogP contribution in [-0.4, -0.2) is 14.2 Å². The summed E-state index contributed by atoms with van der Waals surface area (Å²) in [5.41, 5.74) is 7.85. The van der Waals surface area contributed by atoms with E-state index in [1.54, 1.807) is 14.2 Å². The highest BCUT2D eigenvalue weighted by Gasteiger charge is 2.14. The lowest BCUT2D eigenvalue weighted by Gasteiger charge is -2.16. The fourth-order valence-electron chi connectivity index (χ4n) is 1.50. The Morgan fingerprint density at radius 2 is 1.71 bits per heavy atom. The lowest BCUT2D eigenvalue weighted by atomic mass is 10.0. The quantitative estimate of drug-likeness (QED) is 0.802. The van der Waals surface area contributed by atoms with Gasteiger partial charge in [0.15, 0.2) is 11.5 Å². The van der Waals surface area contributed by atoms with Gasteiger partial charge in [0.05, 0.1) is 14.2 Å². The van der Waals surface area contributed by atoms with Crippen molar-refractivity contribution in [1.82, 2.24) is 0 Å². The molecule has 14 heavy (non-hydrogen) atoms. The number of nitrogens with two attached hydrogens (primary N) is 1. The Bertz CT molecular complexity index is 321. The van der Waals surface area contributed by atoms with Crippen molar-refractivity contribution >= 4 is 0 Å². The van der Waals surface area contributed by atoms with Crippen LogP contribution in [0.3, 0.4) is 0 Å². The van der Waals surface area contributed by atoms with E-state index in [1.807, 2.05) is 26.0 Å². The third-order valence-electron chi connectivity index (χ3n) is 2.24. The highest BCUT2D eigenvalue weighted by Crippen LogP contribution is 2.36. The Balaban J connectivity index is 3.33. The van der Waals surface area contributed by atoms with Crippen molar-refractivity contribution in [3.63, 3.8) is 0 Å². The Morgan fingerprint density at radius 1 is 1.14 bits per heavy atom. The summed E-state index contributed by atoms with van der Waals surface area (Å²) in [6.07, 6.45) is 0. The first-order chi connectivity index (χ1) is 6.61. The molecule has 0 saturated carbocycles. The predicted molar refractivity (Wildman–Crippen MR) is 56.9 cm³/mol. The molecule has 0 heterocycles. The number of ether oxygens (including phenoxy) is 2. The topological polar surface area (TPSA) is 44.5 Å². The lowest BCUT2D eigenvalue weighted by Crippen LogP contribution is -2.08. The molecule has 2 N–H and O–H groups in total. The average Bonchev–Trinajstić information content (AvgIpc) is 2.16. The number of rotatable bonds is 3. The molecule has 0 spiro atoms. The summed E-state index contributed by atoms with van der Waals surface area (Å²) in [5, 5.41) is 0. The third kappa shape index (κ3) is 1.82. The van der Waals surface area contributed by atoms with Gasteiger partial charge in [-0.15, -0.1) is 0 Å². The smallest absolute Gasteiger partial charge is 0.165 e. The minimum Gasteiger partial charge on any atom is -0.493 e. The second-order valence-electron chi connectivity index (χ2n) is 3.33. The molecule has 0 amide bonds. The van der Waals surface area contributed by atoms with E-state index in [4.69, 9.17) is 15.2 Å². The van der Waals surface area contributed by atoms with Crippen LogP contribution in [-0.2, 0) is 0 Å². The van der Waals surface area contributed by atoms with Gasteiger partial charge >= 0.3 is 0 Å². The van der Waals surface area contributed by atoms with Crippen LogP contribution in [0.5, 0.6) is 11.5 Å². The van der Waals surface area contributed by atoms with Crippen LogP contribution in [0.15, 0.2) is 12.1 Å². The number of hydrogen-bond donors (Lipinski definition) is 1. The Morgan fingerprint density at radius 3 is 2.14 bits per heavy atom. The van der Waals surface area contributed by atoms with Crippen molar-refractivity contribution in [2.24, 2.45) is 5.73 Å². The summed E-state index contributed by atoms with van der Waals surface area (Å²) < 4.78 is 10.6. The summed E-state index contributed by atoms with van der Waals surface area (Å²) in [4.78, 5) is 0. The molecule has 0 bridgehead atoms. The van der Waals surface area contributed by atoms with Gasteiger partial charge in [-0.1, -0.05) is 12.1 Å². The second kappa shape index (κ2) is 4.33. The molecular formula is C11H17NO2. The molecule has 1 aromatic rings. The summed E-state index contributed by atoms with van der Waals surface area (Å²) in [5.74, 6) is 1.50. The van der Waals surface area contributed by atoms with Crippen molar-refractivity contribution in [1.29, 1.82) is 0 Å². The maximum Gasteiger partial charge on any atom is 0.165 e. The summed E-state index contributed by atoms with van der Waals surface area (Å²) in [6, 6.07) is 3.90. The maximum atomic E-state index is 5.83. The molecule has 1 unspecified atom stereocenters. The lowest BCUT2D eigenvalue weighted by molar-refractivity contribution is 0.348. The zero-order valence-corrected chi connectivity index (χ0v) is 9.13. The van der Waals surface area contributed by atoms with Crippen LogP contribution >= 0.6 is 0 Å². The molecule has 0 fully saturated rings. The first kappa shape index (κ1) is 10.9. The van der Waals surface area contributed by atoms with Crippen molar-refractivity contribution in [3.05, 3.63) is 23.3 Å². The fraction of sp³-hybridized carbons (Fsp3) is 0.455. The van der Waals surface area contributed by atoms with Gasteiger partial charge in [0.2, 0.25) is 0 Å². The second-order valence-corrected chi connectivity index (χ2v) is 3.33. The Labute approximate surface area is 84.8 Å². The average molecular weight is 195 g/mol. The molecule has 3 heteroatoms. The summed E-state index contributed by atoms with van der Waals surface area (Å²) in [6.45, 7) is 3.90. The molecule has 0 aromatic heterocycles. The van der Waals surface area contributed by atoms with Gasteiger partial charge in [0.25, 0.3) is 0 Å². The van der Waals surface area contributed by atoms with Gasteiger partial charge in [-0.05, 0) is 19.4 Å². The van der Waals surface area contributed by atoms with E-state index in [2.05, 4.69) is 0 Å². The van der Waals surface area contributed by atoms with E-state index in [9.17, 15) is 0 Å². The molecule has 0 aliphatic heterocycles. The van der Waals surface area contributed by atoms with E-state index in [0.29, 0.717) is 0 Å². The number of aryl methyl sites for hydroxylation is 1.